The molecule has 21 heteroatoms. The van der Waals surface area contributed by atoms with Crippen LogP contribution in [0.25, 0.3) is 0 Å². The smallest absolute Gasteiger partial charge is 0.339 e. The summed E-state index contributed by atoms with van der Waals surface area (Å²) in [5.74, 6) is -0.940. The summed E-state index contributed by atoms with van der Waals surface area (Å²) in [4.78, 5) is 78.5. The molecule has 0 saturated heterocycles. The molecular weight excluding hydrogens is 1340 g/mol. The van der Waals surface area contributed by atoms with Crippen LogP contribution < -0.4 is 28.4 Å². The molecule has 105 heavy (non-hydrogen) atoms. The molecule has 3 atom stereocenters. The number of hydrogen-bond acceptors (Lipinski definition) is 18. The van der Waals surface area contributed by atoms with Gasteiger partial charge in [-0.3, -0.25) is 0 Å². The fraction of sp³-hybridized carbons (Fsp3) is 0.286. The van der Waals surface area contributed by atoms with Crippen molar-refractivity contribution in [1.29, 1.82) is 0 Å². The van der Waals surface area contributed by atoms with Crippen LogP contribution in [-0.4, -0.2) is 187 Å². The number of carboxylic acid groups (broad SMARTS) is 3. The van der Waals surface area contributed by atoms with Crippen LogP contribution >= 0.6 is 0 Å². The number of carboxylic acids is 3. The maximum Gasteiger partial charge on any atom is 0.339 e. The molecule has 3 N–H and O–H groups in total. The van der Waals surface area contributed by atoms with E-state index in [9.17, 15) is 44.1 Å². The monoisotopic (exact) mass is 1430 g/mol. The Hall–Kier alpha value is -11.5. The SMILES string of the molecule is COc1ccc(CCc2ccccc2OC[C@H](CN(C)C)OC(=O)c2ccccc2C(=O)O)cc1.COc1ccc(CCc2ccccc2OC[C@H](CN(C)C)OC(=O)c2ccccc2C(=O)O)cc1.COc1ccc(CCc2ccccc2OC[C@H](CN(C)C)OC(=O)c2ccccc2C(=O)O)cc1. The van der Waals surface area contributed by atoms with E-state index < -0.39 is 54.1 Å². The maximum absolute atomic E-state index is 12.8. The Kier molecular flexibility index (Phi) is 32.4. The van der Waals surface area contributed by atoms with Crippen molar-refractivity contribution in [1.82, 2.24) is 14.7 Å². The number of para-hydroxylation sites is 3. The summed E-state index contributed by atoms with van der Waals surface area (Å²) < 4.78 is 51.0. The molecule has 9 aromatic rings. The molecule has 9 aromatic carbocycles. The maximum atomic E-state index is 12.8. The average Bonchev–Trinajstić information content (AvgIpc) is 0.857. The molecule has 0 aromatic heterocycles. The number of aryl methyl sites for hydroxylation is 6. The molecule has 0 unspecified atom stereocenters. The first-order valence-electron chi connectivity index (χ1n) is 34.2. The van der Waals surface area contributed by atoms with Crippen LogP contribution in [0.15, 0.2) is 218 Å². The van der Waals surface area contributed by atoms with Gasteiger partial charge in [0.15, 0.2) is 0 Å². The van der Waals surface area contributed by atoms with E-state index in [2.05, 4.69) is 0 Å². The van der Waals surface area contributed by atoms with Gasteiger partial charge in [0, 0.05) is 19.6 Å². The third-order valence-electron chi connectivity index (χ3n) is 16.4. The van der Waals surface area contributed by atoms with Crippen LogP contribution in [0.2, 0.25) is 0 Å². The molecule has 0 heterocycles. The van der Waals surface area contributed by atoms with E-state index in [1.165, 1.54) is 53.1 Å². The van der Waals surface area contributed by atoms with Gasteiger partial charge in [-0.15, -0.1) is 0 Å². The van der Waals surface area contributed by atoms with E-state index in [4.69, 9.17) is 42.6 Å². The molecule has 21 nitrogen and oxygen atoms in total. The second-order valence-electron chi connectivity index (χ2n) is 25.2. The van der Waals surface area contributed by atoms with Crippen molar-refractivity contribution in [2.75, 3.05) is 103 Å². The van der Waals surface area contributed by atoms with E-state index in [0.717, 1.165) is 89.7 Å². The number of likely N-dealkylation sites (N-methyl/N-ethyl adjacent to an activating group) is 3. The van der Waals surface area contributed by atoms with Gasteiger partial charge >= 0.3 is 35.8 Å². The first-order valence-corrected chi connectivity index (χ1v) is 34.2. The molecule has 0 saturated carbocycles. The van der Waals surface area contributed by atoms with E-state index in [0.29, 0.717) is 19.6 Å². The minimum atomic E-state index is -1.18. The van der Waals surface area contributed by atoms with Crippen LogP contribution in [0.1, 0.15) is 95.5 Å². The zero-order valence-electron chi connectivity index (χ0n) is 60.8. The van der Waals surface area contributed by atoms with Crippen molar-refractivity contribution in [2.24, 2.45) is 0 Å². The fourth-order valence-electron chi connectivity index (χ4n) is 11.1. The third kappa shape index (κ3) is 26.7. The molecule has 0 aliphatic carbocycles. The first-order chi connectivity index (χ1) is 50.6. The molecule has 0 amide bonds. The highest BCUT2D eigenvalue weighted by Gasteiger charge is 2.26. The van der Waals surface area contributed by atoms with Gasteiger partial charge in [0.25, 0.3) is 0 Å². The number of rotatable bonds is 36. The predicted octanol–water partition coefficient (Wildman–Crippen LogP) is 13.0. The molecular formula is C84H93N3O18. The second kappa shape index (κ2) is 42.2. The number of esters is 3. The van der Waals surface area contributed by atoms with Crippen molar-refractivity contribution in [3.05, 3.63) is 285 Å². The van der Waals surface area contributed by atoms with Gasteiger partial charge in [-0.25, -0.2) is 28.8 Å². The van der Waals surface area contributed by atoms with Crippen LogP contribution in [0.3, 0.4) is 0 Å². The quantitative estimate of drug-likeness (QED) is 0.0244. The fourth-order valence-corrected chi connectivity index (χ4v) is 11.1. The molecule has 9 rings (SSSR count). The highest BCUT2D eigenvalue weighted by atomic mass is 16.6. The van der Waals surface area contributed by atoms with Gasteiger partial charge in [0.2, 0.25) is 0 Å². The van der Waals surface area contributed by atoms with Gasteiger partial charge in [-0.05, 0) is 205 Å². The summed E-state index contributed by atoms with van der Waals surface area (Å²) in [6.07, 6.45) is 3.11. The minimum Gasteiger partial charge on any atom is -0.497 e. The molecule has 0 aliphatic heterocycles. The van der Waals surface area contributed by atoms with E-state index in [1.54, 1.807) is 57.7 Å². The number of benzene rings is 9. The van der Waals surface area contributed by atoms with Crippen LogP contribution in [0, 0.1) is 0 Å². The number of hydrogen-bond donors (Lipinski definition) is 3. The third-order valence-corrected chi connectivity index (χ3v) is 16.4. The zero-order valence-corrected chi connectivity index (χ0v) is 60.8. The molecule has 0 radical (unpaired) electrons. The number of carbonyl (C=O) groups excluding carboxylic acids is 3. The lowest BCUT2D eigenvalue weighted by atomic mass is 10.0. The number of aromatic carboxylic acids is 3. The predicted molar refractivity (Wildman–Crippen MR) is 400 cm³/mol. The Bertz CT molecular complexity index is 3810. The summed E-state index contributed by atoms with van der Waals surface area (Å²) >= 11 is 0. The second-order valence-corrected chi connectivity index (χ2v) is 25.2. The lowest BCUT2D eigenvalue weighted by Gasteiger charge is -2.23. The number of carbonyl (C=O) groups is 6. The largest absolute Gasteiger partial charge is 0.497 e. The minimum absolute atomic E-state index is 0.0173. The molecule has 0 spiro atoms. The Balaban J connectivity index is 0.000000220. The summed E-state index contributed by atoms with van der Waals surface area (Å²) in [7, 11) is 16.2. The summed E-state index contributed by atoms with van der Waals surface area (Å²) in [5, 5.41) is 28.2. The summed E-state index contributed by atoms with van der Waals surface area (Å²) in [6.45, 7) is 1.69. The Labute approximate surface area is 614 Å². The summed E-state index contributed by atoms with van der Waals surface area (Å²) in [6, 6.07) is 65.4. The van der Waals surface area contributed by atoms with Crippen LogP contribution in [0.5, 0.6) is 34.5 Å². The Morgan fingerprint density at radius 1 is 0.295 bits per heavy atom. The van der Waals surface area contributed by atoms with Crippen LogP contribution in [0.4, 0.5) is 0 Å². The number of nitrogens with zero attached hydrogens (tertiary/aromatic N) is 3. The van der Waals surface area contributed by atoms with Gasteiger partial charge in [0.05, 0.1) is 54.7 Å². The van der Waals surface area contributed by atoms with Gasteiger partial charge < -0.3 is 72.7 Å². The normalized spacial score (nSPS) is 11.7. The molecule has 552 valence electrons. The highest BCUT2D eigenvalue weighted by molar-refractivity contribution is 6.04. The molecule has 0 fully saturated rings. The van der Waals surface area contributed by atoms with Crippen molar-refractivity contribution >= 4 is 35.8 Å². The zero-order chi connectivity index (χ0) is 75.6. The highest BCUT2D eigenvalue weighted by Crippen LogP contribution is 2.27. The molecule has 0 bridgehead atoms. The van der Waals surface area contributed by atoms with Crippen molar-refractivity contribution < 1.29 is 86.7 Å². The van der Waals surface area contributed by atoms with E-state index in [1.807, 2.05) is 203 Å². The number of ether oxygens (including phenoxy) is 9. The number of methoxy groups -OCH3 is 3. The van der Waals surface area contributed by atoms with E-state index >= 15 is 0 Å². The standard InChI is InChI=1S/3C28H31NO6/c3*1-29(2)18-23(35-28(32)25-10-6-5-9-24(25)27(30)31)19-34-26-11-7-4-8-21(26)15-12-20-13-16-22(33-3)17-14-20/h3*4-11,13-14,16-17,23H,12,15,18-19H2,1-3H3,(H,30,31)/t3*23-/m000/s1. The first kappa shape index (κ1) is 80.8. The topological polar surface area (TPSA) is 256 Å². The van der Waals surface area contributed by atoms with Gasteiger partial charge in [0.1, 0.15) is 72.6 Å². The Morgan fingerprint density at radius 3 is 0.733 bits per heavy atom. The lowest BCUT2D eigenvalue weighted by molar-refractivity contribution is 0.00937. The van der Waals surface area contributed by atoms with Crippen molar-refractivity contribution in [2.45, 2.75) is 56.8 Å². The van der Waals surface area contributed by atoms with Crippen molar-refractivity contribution in [3.63, 3.8) is 0 Å². The summed E-state index contributed by atoms with van der Waals surface area (Å²) in [5.41, 5.74) is 6.50. The average molecular weight is 1430 g/mol. The van der Waals surface area contributed by atoms with E-state index in [-0.39, 0.29) is 53.2 Å². The van der Waals surface area contributed by atoms with Crippen LogP contribution in [-0.2, 0) is 52.7 Å². The van der Waals surface area contributed by atoms with Gasteiger partial charge in [-0.1, -0.05) is 127 Å². The Morgan fingerprint density at radius 2 is 0.514 bits per heavy atom. The van der Waals surface area contributed by atoms with Crippen molar-refractivity contribution in [3.8, 4) is 34.5 Å². The van der Waals surface area contributed by atoms with Gasteiger partial charge in [-0.2, -0.15) is 0 Å². The lowest BCUT2D eigenvalue weighted by Crippen LogP contribution is -2.35. The molecule has 0 aliphatic rings.